The molecule has 3 N–H and O–H groups in total. The third kappa shape index (κ3) is 4.78. The number of nitrogens with one attached hydrogen (secondary N) is 1. The molecule has 0 saturated carbocycles. The zero-order chi connectivity index (χ0) is 12.7. The molecule has 0 aromatic carbocycles. The lowest BCUT2D eigenvalue weighted by molar-refractivity contribution is -0.142. The molecule has 17 heavy (non-hydrogen) atoms. The first-order chi connectivity index (χ1) is 8.13. The first-order valence-corrected chi connectivity index (χ1v) is 5.70. The van der Waals surface area contributed by atoms with E-state index in [-0.39, 0.29) is 11.0 Å². The van der Waals surface area contributed by atoms with Crippen molar-refractivity contribution in [3.8, 4) is 0 Å². The average Bonchev–Trinajstić information content (AvgIpc) is 2.30. The van der Waals surface area contributed by atoms with E-state index < -0.39 is 0 Å². The van der Waals surface area contributed by atoms with Gasteiger partial charge in [-0.3, -0.25) is 4.79 Å². The largest absolute Gasteiger partial charge is 0.466 e. The number of carbonyl (C=O) groups is 1. The van der Waals surface area contributed by atoms with Crippen LogP contribution in [0.4, 0.5) is 5.82 Å². The predicted octanol–water partition coefficient (Wildman–Crippen LogP) is 1.08. The fraction of sp³-hybridized carbons (Fsp3) is 0.364. The summed E-state index contributed by atoms with van der Waals surface area (Å²) in [5.41, 5.74) is 6.02. The van der Waals surface area contributed by atoms with Crippen molar-refractivity contribution in [2.24, 2.45) is 5.73 Å². The lowest BCUT2D eigenvalue weighted by Gasteiger charge is -2.06. The van der Waals surface area contributed by atoms with Crippen LogP contribution in [-0.2, 0) is 9.53 Å². The maximum atomic E-state index is 11.1. The number of hydrogen-bond donors (Lipinski definition) is 2. The van der Waals surface area contributed by atoms with Crippen LogP contribution in [-0.4, -0.2) is 29.1 Å². The van der Waals surface area contributed by atoms with Gasteiger partial charge in [0.2, 0.25) is 0 Å². The second-order valence-corrected chi connectivity index (χ2v) is 3.69. The Labute approximate surface area is 105 Å². The number of pyridine rings is 1. The summed E-state index contributed by atoms with van der Waals surface area (Å²) in [6, 6.07) is 5.32. The van der Waals surface area contributed by atoms with Crippen molar-refractivity contribution in [1.82, 2.24) is 4.98 Å². The fourth-order valence-electron chi connectivity index (χ4n) is 1.20. The van der Waals surface area contributed by atoms with Gasteiger partial charge in [0.25, 0.3) is 0 Å². The van der Waals surface area contributed by atoms with Crippen molar-refractivity contribution < 1.29 is 9.53 Å². The lowest BCUT2D eigenvalue weighted by atomic mass is 10.3. The molecule has 6 heteroatoms. The summed E-state index contributed by atoms with van der Waals surface area (Å²) >= 11 is 4.82. The highest BCUT2D eigenvalue weighted by molar-refractivity contribution is 7.80. The molecule has 92 valence electrons. The molecule has 0 fully saturated rings. The molecular formula is C11H15N3O2S. The van der Waals surface area contributed by atoms with Crippen molar-refractivity contribution in [3.05, 3.63) is 23.9 Å². The van der Waals surface area contributed by atoms with E-state index in [1.807, 2.05) is 0 Å². The summed E-state index contributed by atoms with van der Waals surface area (Å²) in [4.78, 5) is 15.5. The molecule has 0 amide bonds. The number of nitrogens with zero attached hydrogens (tertiary/aromatic N) is 1. The van der Waals surface area contributed by atoms with Crippen LogP contribution in [0, 0.1) is 0 Å². The van der Waals surface area contributed by atoms with Crippen LogP contribution in [0.25, 0.3) is 0 Å². The highest BCUT2D eigenvalue weighted by Gasteiger charge is 2.02. The standard InChI is InChI=1S/C11H15N3O2S/c1-2-16-10(15)6-7-13-9-5-3-4-8(14-9)11(12)17/h3-5H,2,6-7H2,1H3,(H2,12,17)(H,13,14). The molecule has 5 nitrogen and oxygen atoms in total. The van der Waals surface area contributed by atoms with Gasteiger partial charge in [-0.2, -0.15) is 0 Å². The quantitative estimate of drug-likeness (QED) is 0.583. The highest BCUT2D eigenvalue weighted by Crippen LogP contribution is 2.04. The zero-order valence-electron chi connectivity index (χ0n) is 9.60. The van der Waals surface area contributed by atoms with Crippen LogP contribution in [0.3, 0.4) is 0 Å². The van der Waals surface area contributed by atoms with Crippen LogP contribution < -0.4 is 11.1 Å². The van der Waals surface area contributed by atoms with Crippen LogP contribution in [0.1, 0.15) is 19.0 Å². The number of rotatable bonds is 6. The molecule has 0 atom stereocenters. The Bertz CT molecular complexity index is 409. The lowest BCUT2D eigenvalue weighted by Crippen LogP contribution is -2.15. The molecule has 0 unspecified atom stereocenters. The normalized spacial score (nSPS) is 9.71. The molecule has 0 aliphatic carbocycles. The second-order valence-electron chi connectivity index (χ2n) is 3.25. The van der Waals surface area contributed by atoms with Crippen LogP contribution in [0.2, 0.25) is 0 Å². The Balaban J connectivity index is 2.44. The summed E-state index contributed by atoms with van der Waals surface area (Å²) in [6.07, 6.45) is 0.298. The topological polar surface area (TPSA) is 77.2 Å². The second kappa shape index (κ2) is 6.80. The molecular weight excluding hydrogens is 238 g/mol. The van der Waals surface area contributed by atoms with E-state index >= 15 is 0 Å². The third-order valence-electron chi connectivity index (χ3n) is 1.94. The minimum atomic E-state index is -0.231. The van der Waals surface area contributed by atoms with Gasteiger partial charge in [-0.1, -0.05) is 18.3 Å². The van der Waals surface area contributed by atoms with E-state index in [0.717, 1.165) is 0 Å². The van der Waals surface area contributed by atoms with Crippen molar-refractivity contribution in [2.45, 2.75) is 13.3 Å². The molecule has 1 heterocycles. The van der Waals surface area contributed by atoms with Gasteiger partial charge in [0.15, 0.2) is 0 Å². The summed E-state index contributed by atoms with van der Waals surface area (Å²) in [7, 11) is 0. The Kier molecular flexibility index (Phi) is 5.35. The van der Waals surface area contributed by atoms with Crippen molar-refractivity contribution >= 4 is 29.0 Å². The van der Waals surface area contributed by atoms with Crippen molar-refractivity contribution in [3.63, 3.8) is 0 Å². The number of ether oxygens (including phenoxy) is 1. The minimum Gasteiger partial charge on any atom is -0.466 e. The Morgan fingerprint density at radius 2 is 2.35 bits per heavy atom. The molecule has 1 aromatic rings. The van der Waals surface area contributed by atoms with Gasteiger partial charge in [0.05, 0.1) is 18.7 Å². The van der Waals surface area contributed by atoms with Crippen molar-refractivity contribution in [2.75, 3.05) is 18.5 Å². The summed E-state index contributed by atoms with van der Waals surface area (Å²) in [5, 5.41) is 3.00. The number of anilines is 1. The monoisotopic (exact) mass is 253 g/mol. The van der Waals surface area contributed by atoms with Gasteiger partial charge in [-0.25, -0.2) is 4.98 Å². The van der Waals surface area contributed by atoms with Gasteiger partial charge >= 0.3 is 5.97 Å². The van der Waals surface area contributed by atoms with Gasteiger partial charge in [-0.05, 0) is 19.1 Å². The fourth-order valence-corrected chi connectivity index (χ4v) is 1.31. The maximum Gasteiger partial charge on any atom is 0.307 e. The number of esters is 1. The summed E-state index contributed by atoms with van der Waals surface area (Å²) in [5.74, 6) is 0.407. The molecule has 0 aliphatic heterocycles. The SMILES string of the molecule is CCOC(=O)CCNc1cccc(C(N)=S)n1. The van der Waals surface area contributed by atoms with E-state index in [9.17, 15) is 4.79 Å². The van der Waals surface area contributed by atoms with E-state index in [1.165, 1.54) is 0 Å². The smallest absolute Gasteiger partial charge is 0.307 e. The number of carbonyl (C=O) groups excluding carboxylic acids is 1. The molecule has 1 aromatic heterocycles. The number of nitrogens with two attached hydrogens (primary N) is 1. The highest BCUT2D eigenvalue weighted by atomic mass is 32.1. The number of thiocarbonyl (C=S) groups is 1. The Hall–Kier alpha value is -1.69. The van der Waals surface area contributed by atoms with Crippen LogP contribution in [0.15, 0.2) is 18.2 Å². The zero-order valence-corrected chi connectivity index (χ0v) is 10.4. The molecule has 0 radical (unpaired) electrons. The first-order valence-electron chi connectivity index (χ1n) is 5.30. The van der Waals surface area contributed by atoms with Crippen LogP contribution >= 0.6 is 12.2 Å². The molecule has 0 aliphatic rings. The van der Waals surface area contributed by atoms with E-state index in [1.54, 1.807) is 25.1 Å². The van der Waals surface area contributed by atoms with Gasteiger partial charge in [-0.15, -0.1) is 0 Å². The van der Waals surface area contributed by atoms with Crippen molar-refractivity contribution in [1.29, 1.82) is 0 Å². The van der Waals surface area contributed by atoms with E-state index in [2.05, 4.69) is 10.3 Å². The molecule has 0 spiro atoms. The first kappa shape index (κ1) is 13.4. The summed E-state index contributed by atoms with van der Waals surface area (Å²) in [6.45, 7) is 2.64. The summed E-state index contributed by atoms with van der Waals surface area (Å²) < 4.78 is 4.80. The Morgan fingerprint density at radius 1 is 1.59 bits per heavy atom. The number of hydrogen-bond acceptors (Lipinski definition) is 5. The number of aromatic nitrogens is 1. The van der Waals surface area contributed by atoms with Crippen LogP contribution in [0.5, 0.6) is 0 Å². The minimum absolute atomic E-state index is 0.231. The Morgan fingerprint density at radius 3 is 3.00 bits per heavy atom. The molecule has 0 saturated heterocycles. The average molecular weight is 253 g/mol. The molecule has 1 rings (SSSR count). The van der Waals surface area contributed by atoms with Gasteiger partial charge in [0, 0.05) is 6.54 Å². The van der Waals surface area contributed by atoms with Gasteiger partial charge < -0.3 is 15.8 Å². The molecule has 0 bridgehead atoms. The third-order valence-corrected chi connectivity index (χ3v) is 2.15. The van der Waals surface area contributed by atoms with Gasteiger partial charge in [0.1, 0.15) is 10.8 Å². The van der Waals surface area contributed by atoms with E-state index in [4.69, 9.17) is 22.7 Å². The van der Waals surface area contributed by atoms with E-state index in [0.29, 0.717) is 31.1 Å². The predicted molar refractivity (Wildman–Crippen MR) is 69.9 cm³/mol. The maximum absolute atomic E-state index is 11.1.